The van der Waals surface area contributed by atoms with Crippen LogP contribution in [0.5, 0.6) is 5.75 Å². The van der Waals surface area contributed by atoms with Crippen molar-refractivity contribution in [3.63, 3.8) is 0 Å². The van der Waals surface area contributed by atoms with Crippen LogP contribution in [0.15, 0.2) is 60.0 Å². The average Bonchev–Trinajstić information content (AvgIpc) is 3.24. The largest absolute Gasteiger partial charge is 0.489 e. The maximum Gasteiger partial charge on any atom is 0.264 e. The van der Waals surface area contributed by atoms with E-state index in [0.717, 1.165) is 59.5 Å². The van der Waals surface area contributed by atoms with Crippen molar-refractivity contribution < 1.29 is 9.53 Å². The van der Waals surface area contributed by atoms with Crippen molar-refractivity contribution in [1.82, 2.24) is 9.80 Å². The van der Waals surface area contributed by atoms with Gasteiger partial charge in [-0.3, -0.25) is 9.69 Å². The second-order valence-corrected chi connectivity index (χ2v) is 8.89. The first-order valence-electron chi connectivity index (χ1n) is 10.1. The van der Waals surface area contributed by atoms with E-state index in [-0.39, 0.29) is 5.91 Å². The zero-order chi connectivity index (χ0) is 20.9. The Labute approximate surface area is 186 Å². The second-order valence-electron chi connectivity index (χ2n) is 7.57. The summed E-state index contributed by atoms with van der Waals surface area (Å²) < 4.78 is 5.85. The summed E-state index contributed by atoms with van der Waals surface area (Å²) in [7, 11) is 0. The van der Waals surface area contributed by atoms with Crippen LogP contribution in [0.1, 0.15) is 26.4 Å². The third-order valence-corrected chi connectivity index (χ3v) is 6.70. The van der Waals surface area contributed by atoms with Gasteiger partial charge >= 0.3 is 0 Å². The minimum atomic E-state index is 0.118. The van der Waals surface area contributed by atoms with E-state index in [9.17, 15) is 4.79 Å². The number of amides is 1. The van der Waals surface area contributed by atoms with E-state index >= 15 is 0 Å². The van der Waals surface area contributed by atoms with Gasteiger partial charge in [-0.25, -0.2) is 0 Å². The lowest BCUT2D eigenvalue weighted by Crippen LogP contribution is -2.48. The first-order chi connectivity index (χ1) is 14.6. The molecule has 2 heterocycles. The number of hydrogen-bond donors (Lipinski definition) is 0. The van der Waals surface area contributed by atoms with E-state index in [4.69, 9.17) is 16.3 Å². The van der Waals surface area contributed by atoms with Crippen LogP contribution in [0.4, 0.5) is 0 Å². The van der Waals surface area contributed by atoms with Gasteiger partial charge < -0.3 is 9.64 Å². The van der Waals surface area contributed by atoms with E-state index in [1.165, 1.54) is 16.9 Å². The SMILES string of the molecule is Cc1cc(OCc2csc(C(=O)N3CCN(Cc4ccccc4)CC3)c2)ccc1Cl. The van der Waals surface area contributed by atoms with Gasteiger partial charge in [0.05, 0.1) is 4.88 Å². The highest BCUT2D eigenvalue weighted by molar-refractivity contribution is 7.12. The molecular weight excluding hydrogens is 416 g/mol. The fourth-order valence-electron chi connectivity index (χ4n) is 3.54. The van der Waals surface area contributed by atoms with Crippen molar-refractivity contribution in [2.45, 2.75) is 20.1 Å². The molecule has 0 bridgehead atoms. The Bertz CT molecular complexity index is 997. The Morgan fingerprint density at radius 2 is 1.80 bits per heavy atom. The molecule has 1 aliphatic rings. The van der Waals surface area contributed by atoms with Crippen LogP contribution < -0.4 is 4.74 Å². The molecule has 1 fully saturated rings. The quantitative estimate of drug-likeness (QED) is 0.525. The predicted octanol–water partition coefficient (Wildman–Crippen LogP) is 5.25. The Hall–Kier alpha value is -2.34. The number of nitrogens with zero attached hydrogens (tertiary/aromatic N) is 2. The zero-order valence-corrected chi connectivity index (χ0v) is 18.6. The van der Waals surface area contributed by atoms with E-state index < -0.39 is 0 Å². The molecule has 2 aromatic carbocycles. The molecule has 0 radical (unpaired) electrons. The zero-order valence-electron chi connectivity index (χ0n) is 17.0. The number of rotatable bonds is 6. The highest BCUT2D eigenvalue weighted by Crippen LogP contribution is 2.23. The molecule has 156 valence electrons. The maximum absolute atomic E-state index is 12.9. The number of aryl methyl sites for hydroxylation is 1. The fraction of sp³-hybridized carbons (Fsp3) is 0.292. The van der Waals surface area contributed by atoms with Crippen LogP contribution in [0, 0.1) is 6.92 Å². The van der Waals surface area contributed by atoms with Crippen molar-refractivity contribution in [2.24, 2.45) is 0 Å². The number of halogens is 1. The number of benzene rings is 2. The molecule has 4 nitrogen and oxygen atoms in total. The summed E-state index contributed by atoms with van der Waals surface area (Å²) in [6.45, 7) is 6.66. The summed E-state index contributed by atoms with van der Waals surface area (Å²) in [5.74, 6) is 0.901. The Kier molecular flexibility index (Phi) is 6.72. The summed E-state index contributed by atoms with van der Waals surface area (Å²) in [6.07, 6.45) is 0. The molecule has 6 heteroatoms. The molecule has 0 atom stereocenters. The molecule has 4 rings (SSSR count). The van der Waals surface area contributed by atoms with E-state index in [1.54, 1.807) is 0 Å². The molecule has 1 aromatic heterocycles. The summed E-state index contributed by atoms with van der Waals surface area (Å²) in [6, 6.07) is 18.1. The third-order valence-electron chi connectivity index (χ3n) is 5.31. The number of thiophene rings is 1. The van der Waals surface area contributed by atoms with E-state index in [1.807, 2.05) is 47.5 Å². The summed E-state index contributed by atoms with van der Waals surface area (Å²) in [5, 5.41) is 2.73. The third kappa shape index (κ3) is 5.22. The van der Waals surface area contributed by atoms with Gasteiger partial charge in [-0.05, 0) is 47.7 Å². The molecule has 1 saturated heterocycles. The van der Waals surface area contributed by atoms with Gasteiger partial charge in [0.25, 0.3) is 5.91 Å². The predicted molar refractivity (Wildman–Crippen MR) is 122 cm³/mol. The molecule has 1 aliphatic heterocycles. The Morgan fingerprint density at radius 3 is 2.53 bits per heavy atom. The summed E-state index contributed by atoms with van der Waals surface area (Å²) in [4.78, 5) is 18.0. The number of carbonyl (C=O) groups excluding carboxylic acids is 1. The lowest BCUT2D eigenvalue weighted by Gasteiger charge is -2.34. The van der Waals surface area contributed by atoms with Crippen molar-refractivity contribution >= 4 is 28.8 Å². The van der Waals surface area contributed by atoms with Crippen molar-refractivity contribution in [3.8, 4) is 5.75 Å². The minimum Gasteiger partial charge on any atom is -0.489 e. The van der Waals surface area contributed by atoms with Crippen molar-refractivity contribution in [2.75, 3.05) is 26.2 Å². The van der Waals surface area contributed by atoms with E-state index in [2.05, 4.69) is 29.2 Å². The van der Waals surface area contributed by atoms with Crippen LogP contribution in [-0.4, -0.2) is 41.9 Å². The van der Waals surface area contributed by atoms with Gasteiger partial charge in [-0.15, -0.1) is 11.3 Å². The highest BCUT2D eigenvalue weighted by atomic mass is 35.5. The van der Waals surface area contributed by atoms with Crippen LogP contribution in [-0.2, 0) is 13.2 Å². The Balaban J connectivity index is 1.28. The monoisotopic (exact) mass is 440 g/mol. The molecule has 0 spiro atoms. The van der Waals surface area contributed by atoms with Crippen LogP contribution in [0.2, 0.25) is 5.02 Å². The minimum absolute atomic E-state index is 0.118. The molecular formula is C24H25ClN2O2S. The molecule has 30 heavy (non-hydrogen) atoms. The second kappa shape index (κ2) is 9.65. The smallest absolute Gasteiger partial charge is 0.264 e. The van der Waals surface area contributed by atoms with Crippen molar-refractivity contribution in [1.29, 1.82) is 0 Å². The summed E-state index contributed by atoms with van der Waals surface area (Å²) in [5.41, 5.74) is 3.32. The standard InChI is InChI=1S/C24H25ClN2O2S/c1-18-13-21(7-8-22(18)25)29-16-20-14-23(30-17-20)24(28)27-11-9-26(10-12-27)15-19-5-3-2-4-6-19/h2-8,13-14,17H,9-12,15-16H2,1H3. The van der Waals surface area contributed by atoms with E-state index in [0.29, 0.717) is 6.61 Å². The van der Waals surface area contributed by atoms with Gasteiger partial charge in [-0.2, -0.15) is 0 Å². The first kappa shape index (κ1) is 20.9. The highest BCUT2D eigenvalue weighted by Gasteiger charge is 2.23. The van der Waals surface area contributed by atoms with Crippen molar-refractivity contribution in [3.05, 3.63) is 86.6 Å². The lowest BCUT2D eigenvalue weighted by atomic mass is 10.2. The van der Waals surface area contributed by atoms with Crippen LogP contribution in [0.25, 0.3) is 0 Å². The molecule has 0 N–H and O–H groups in total. The van der Waals surface area contributed by atoms with Gasteiger partial charge in [0.2, 0.25) is 0 Å². The summed E-state index contributed by atoms with van der Waals surface area (Å²) >= 11 is 7.55. The number of piperazine rings is 1. The molecule has 0 unspecified atom stereocenters. The Morgan fingerprint density at radius 1 is 1.03 bits per heavy atom. The first-order valence-corrected chi connectivity index (χ1v) is 11.4. The molecule has 1 amide bonds. The topological polar surface area (TPSA) is 32.8 Å². The number of hydrogen-bond acceptors (Lipinski definition) is 4. The molecule has 0 saturated carbocycles. The normalized spacial score (nSPS) is 14.7. The fourth-order valence-corrected chi connectivity index (χ4v) is 4.52. The molecule has 3 aromatic rings. The van der Waals surface area contributed by atoms with Gasteiger partial charge in [0.15, 0.2) is 0 Å². The average molecular weight is 441 g/mol. The van der Waals surface area contributed by atoms with Gasteiger partial charge in [-0.1, -0.05) is 41.9 Å². The number of carbonyl (C=O) groups is 1. The maximum atomic E-state index is 12.9. The van der Waals surface area contributed by atoms with Crippen LogP contribution in [0.3, 0.4) is 0 Å². The number of ether oxygens (including phenoxy) is 1. The molecule has 0 aliphatic carbocycles. The van der Waals surface area contributed by atoms with Crippen LogP contribution >= 0.6 is 22.9 Å². The lowest BCUT2D eigenvalue weighted by molar-refractivity contribution is 0.0633. The van der Waals surface area contributed by atoms with Gasteiger partial charge in [0, 0.05) is 43.3 Å². The van der Waals surface area contributed by atoms with Gasteiger partial charge in [0.1, 0.15) is 12.4 Å².